The van der Waals surface area contributed by atoms with Crippen molar-refractivity contribution in [2.45, 2.75) is 20.8 Å². The third-order valence-corrected chi connectivity index (χ3v) is 4.53. The maximum atomic E-state index is 12.6. The molecule has 0 spiro atoms. The number of aryl methyl sites for hydroxylation is 2. The number of aliphatic imine (C=N–C) groups is 1. The number of nitrogens with zero attached hydrogens (tertiary/aromatic N) is 2. The maximum absolute atomic E-state index is 12.6. The normalized spacial score (nSPS) is 11.3. The average molecular weight is 377 g/mol. The zero-order chi connectivity index (χ0) is 19.4. The van der Waals surface area contributed by atoms with Gasteiger partial charge in [-0.25, -0.2) is 4.99 Å². The van der Waals surface area contributed by atoms with Crippen molar-refractivity contribution in [3.05, 3.63) is 94.5 Å². The largest absolute Gasteiger partial charge is 0.274 e. The molecule has 0 aliphatic carbocycles. The summed E-state index contributed by atoms with van der Waals surface area (Å²) in [5.74, 6) is 0.366. The smallest absolute Gasteiger partial charge is 0.229 e. The van der Waals surface area contributed by atoms with Crippen LogP contribution in [0.2, 0.25) is 5.02 Å². The molecule has 0 radical (unpaired) electrons. The second kappa shape index (κ2) is 8.19. The van der Waals surface area contributed by atoms with Crippen LogP contribution in [0.1, 0.15) is 23.6 Å². The first-order valence-corrected chi connectivity index (χ1v) is 9.11. The molecule has 0 unspecified atom stereocenters. The molecule has 27 heavy (non-hydrogen) atoms. The molecule has 3 aromatic carbocycles. The lowest BCUT2D eigenvalue weighted by molar-refractivity contribution is -0.115. The summed E-state index contributed by atoms with van der Waals surface area (Å²) in [7, 11) is 0. The van der Waals surface area contributed by atoms with Gasteiger partial charge in [-0.05, 0) is 50.2 Å². The number of amidine groups is 1. The quantitative estimate of drug-likeness (QED) is 0.402. The van der Waals surface area contributed by atoms with Crippen LogP contribution in [0.15, 0.2) is 77.8 Å². The van der Waals surface area contributed by atoms with Gasteiger partial charge in [-0.2, -0.15) is 0 Å². The number of amides is 1. The molecular formula is C23H21ClN2O. The highest BCUT2D eigenvalue weighted by Crippen LogP contribution is 2.26. The Morgan fingerprint density at radius 3 is 1.96 bits per heavy atom. The fourth-order valence-electron chi connectivity index (χ4n) is 2.76. The molecule has 3 nitrogen and oxygen atoms in total. The second-order valence-electron chi connectivity index (χ2n) is 6.44. The van der Waals surface area contributed by atoms with E-state index in [4.69, 9.17) is 16.6 Å². The molecule has 1 amide bonds. The van der Waals surface area contributed by atoms with Crippen molar-refractivity contribution in [1.29, 1.82) is 0 Å². The third kappa shape index (κ3) is 4.44. The van der Waals surface area contributed by atoms with Crippen molar-refractivity contribution in [2.75, 3.05) is 4.90 Å². The summed E-state index contributed by atoms with van der Waals surface area (Å²) < 4.78 is 0. The Hall–Kier alpha value is -2.91. The summed E-state index contributed by atoms with van der Waals surface area (Å²) in [6.45, 7) is 5.56. The summed E-state index contributed by atoms with van der Waals surface area (Å²) in [5, 5.41) is 0.543. The number of halogens is 1. The topological polar surface area (TPSA) is 32.7 Å². The van der Waals surface area contributed by atoms with Gasteiger partial charge in [0.15, 0.2) is 0 Å². The van der Waals surface area contributed by atoms with Gasteiger partial charge in [-0.1, -0.05) is 59.1 Å². The van der Waals surface area contributed by atoms with Gasteiger partial charge < -0.3 is 0 Å². The standard InChI is InChI=1S/C23H21ClN2O/c1-16-8-12-19(13-9-16)25-23(21-6-4-5-7-22(21)24)26(18(3)27)20-14-10-17(2)11-15-20/h4-15H,1-3H3. The Labute approximate surface area is 164 Å². The molecule has 4 heteroatoms. The van der Waals surface area contributed by atoms with Crippen molar-refractivity contribution in [2.24, 2.45) is 4.99 Å². The number of hydrogen-bond acceptors (Lipinski definition) is 2. The minimum Gasteiger partial charge on any atom is -0.274 e. The van der Waals surface area contributed by atoms with Gasteiger partial charge in [0.05, 0.1) is 16.4 Å². The molecule has 3 rings (SSSR count). The molecule has 0 N–H and O–H groups in total. The second-order valence-corrected chi connectivity index (χ2v) is 6.85. The van der Waals surface area contributed by atoms with Crippen LogP contribution in [0.25, 0.3) is 0 Å². The van der Waals surface area contributed by atoms with Gasteiger partial charge in [0.1, 0.15) is 5.84 Å². The first-order chi connectivity index (χ1) is 13.0. The molecule has 0 atom stereocenters. The predicted molar refractivity (Wildman–Crippen MR) is 113 cm³/mol. The number of carbonyl (C=O) groups excluding carboxylic acids is 1. The number of benzene rings is 3. The zero-order valence-electron chi connectivity index (χ0n) is 15.6. The first-order valence-electron chi connectivity index (χ1n) is 8.73. The van der Waals surface area contributed by atoms with E-state index in [2.05, 4.69) is 0 Å². The maximum Gasteiger partial charge on any atom is 0.229 e. The first kappa shape index (κ1) is 18.9. The minimum absolute atomic E-state index is 0.135. The van der Waals surface area contributed by atoms with Crippen LogP contribution in [0, 0.1) is 13.8 Å². The number of anilines is 1. The van der Waals surface area contributed by atoms with Crippen LogP contribution in [0.5, 0.6) is 0 Å². The van der Waals surface area contributed by atoms with Gasteiger partial charge in [-0.15, -0.1) is 0 Å². The molecule has 0 saturated carbocycles. The Kier molecular flexibility index (Phi) is 5.72. The molecular weight excluding hydrogens is 356 g/mol. The molecule has 0 heterocycles. The zero-order valence-corrected chi connectivity index (χ0v) is 16.4. The highest BCUT2D eigenvalue weighted by Gasteiger charge is 2.22. The number of rotatable bonds is 3. The van der Waals surface area contributed by atoms with Crippen molar-refractivity contribution < 1.29 is 4.79 Å². The Balaban J connectivity index is 2.20. The predicted octanol–water partition coefficient (Wildman–Crippen LogP) is 6.09. The van der Waals surface area contributed by atoms with Crippen LogP contribution in [0.4, 0.5) is 11.4 Å². The molecule has 0 bridgehead atoms. The van der Waals surface area contributed by atoms with E-state index in [0.29, 0.717) is 16.4 Å². The van der Waals surface area contributed by atoms with Crippen molar-refractivity contribution >= 4 is 34.7 Å². The molecule has 0 aliphatic heterocycles. The van der Waals surface area contributed by atoms with E-state index in [-0.39, 0.29) is 5.91 Å². The highest BCUT2D eigenvalue weighted by molar-refractivity contribution is 6.36. The summed E-state index contributed by atoms with van der Waals surface area (Å²) in [6, 6.07) is 23.0. The molecule has 0 aromatic heterocycles. The van der Waals surface area contributed by atoms with Crippen molar-refractivity contribution in [3.63, 3.8) is 0 Å². The number of hydrogen-bond donors (Lipinski definition) is 0. The lowest BCUT2D eigenvalue weighted by Crippen LogP contribution is -2.36. The van der Waals surface area contributed by atoms with E-state index in [1.807, 2.05) is 80.6 Å². The molecule has 3 aromatic rings. The van der Waals surface area contributed by atoms with E-state index in [1.54, 1.807) is 11.0 Å². The lowest BCUT2D eigenvalue weighted by atomic mass is 10.1. The summed E-state index contributed by atoms with van der Waals surface area (Å²) in [4.78, 5) is 19.0. The van der Waals surface area contributed by atoms with E-state index in [9.17, 15) is 4.79 Å². The van der Waals surface area contributed by atoms with Crippen LogP contribution >= 0.6 is 11.6 Å². The van der Waals surface area contributed by atoms with Gasteiger partial charge >= 0.3 is 0 Å². The van der Waals surface area contributed by atoms with Crippen molar-refractivity contribution in [1.82, 2.24) is 0 Å². The molecule has 0 aliphatic rings. The molecule has 0 fully saturated rings. The molecule has 136 valence electrons. The van der Waals surface area contributed by atoms with Crippen LogP contribution in [0.3, 0.4) is 0 Å². The van der Waals surface area contributed by atoms with Crippen LogP contribution < -0.4 is 4.90 Å². The SMILES string of the molecule is CC(=O)N(C(=Nc1ccc(C)cc1)c1ccccc1Cl)c1ccc(C)cc1. The lowest BCUT2D eigenvalue weighted by Gasteiger charge is -2.24. The van der Waals surface area contributed by atoms with Gasteiger partial charge in [0, 0.05) is 12.5 Å². The van der Waals surface area contributed by atoms with E-state index in [0.717, 1.165) is 22.5 Å². The van der Waals surface area contributed by atoms with E-state index in [1.165, 1.54) is 6.92 Å². The summed E-state index contributed by atoms with van der Waals surface area (Å²) in [6.07, 6.45) is 0. The Bertz CT molecular complexity index is 976. The van der Waals surface area contributed by atoms with Crippen LogP contribution in [-0.4, -0.2) is 11.7 Å². The van der Waals surface area contributed by atoms with Gasteiger partial charge in [0.25, 0.3) is 0 Å². The highest BCUT2D eigenvalue weighted by atomic mass is 35.5. The van der Waals surface area contributed by atoms with Crippen molar-refractivity contribution in [3.8, 4) is 0 Å². The average Bonchev–Trinajstić information content (AvgIpc) is 2.65. The Morgan fingerprint density at radius 2 is 1.41 bits per heavy atom. The third-order valence-electron chi connectivity index (χ3n) is 4.20. The monoisotopic (exact) mass is 376 g/mol. The van der Waals surface area contributed by atoms with Gasteiger partial charge in [0.2, 0.25) is 5.91 Å². The summed E-state index contributed by atoms with van der Waals surface area (Å²) in [5.41, 5.74) is 4.48. The number of carbonyl (C=O) groups is 1. The Morgan fingerprint density at radius 1 is 0.852 bits per heavy atom. The van der Waals surface area contributed by atoms with E-state index < -0.39 is 0 Å². The fraction of sp³-hybridized carbons (Fsp3) is 0.130. The van der Waals surface area contributed by atoms with Crippen LogP contribution in [-0.2, 0) is 4.79 Å². The van der Waals surface area contributed by atoms with E-state index >= 15 is 0 Å². The van der Waals surface area contributed by atoms with Gasteiger partial charge in [-0.3, -0.25) is 9.69 Å². The molecule has 0 saturated heterocycles. The fourth-order valence-corrected chi connectivity index (χ4v) is 2.98. The summed E-state index contributed by atoms with van der Waals surface area (Å²) >= 11 is 6.45. The minimum atomic E-state index is -0.135.